The lowest BCUT2D eigenvalue weighted by Gasteiger charge is -2.13. The van der Waals surface area contributed by atoms with E-state index in [-0.39, 0.29) is 11.9 Å². The van der Waals surface area contributed by atoms with Gasteiger partial charge < -0.3 is 4.89 Å². The SMILES string of the molecule is C#CCOOP(=O)(O)c1ccccc1CCC. The summed E-state index contributed by atoms with van der Waals surface area (Å²) in [5.41, 5.74) is 0.783. The maximum atomic E-state index is 11.9. The number of hydrogen-bond donors (Lipinski definition) is 1. The molecule has 1 aromatic rings. The quantitative estimate of drug-likeness (QED) is 0.277. The summed E-state index contributed by atoms with van der Waals surface area (Å²) in [5, 5.41) is 0.263. The van der Waals surface area contributed by atoms with Gasteiger partial charge in [0.05, 0.1) is 5.30 Å². The Kier molecular flexibility index (Phi) is 5.40. The highest BCUT2D eigenvalue weighted by Crippen LogP contribution is 2.42. The molecule has 0 saturated heterocycles. The molecule has 1 aromatic carbocycles. The van der Waals surface area contributed by atoms with E-state index in [1.807, 2.05) is 13.0 Å². The van der Waals surface area contributed by atoms with E-state index >= 15 is 0 Å². The number of hydrogen-bond acceptors (Lipinski definition) is 3. The number of rotatable bonds is 6. The zero-order valence-electron chi connectivity index (χ0n) is 9.63. The zero-order chi connectivity index (χ0) is 12.7. The maximum absolute atomic E-state index is 11.9. The lowest BCUT2D eigenvalue weighted by atomic mass is 10.1. The van der Waals surface area contributed by atoms with Crippen molar-refractivity contribution in [2.45, 2.75) is 19.8 Å². The van der Waals surface area contributed by atoms with Gasteiger partial charge in [0.15, 0.2) is 0 Å². The van der Waals surface area contributed by atoms with E-state index < -0.39 is 7.60 Å². The number of benzene rings is 1. The topological polar surface area (TPSA) is 55.8 Å². The molecule has 1 unspecified atom stereocenters. The first-order chi connectivity index (χ1) is 8.11. The fraction of sp³-hybridized carbons (Fsp3) is 0.333. The smallest absolute Gasteiger partial charge is 0.319 e. The lowest BCUT2D eigenvalue weighted by molar-refractivity contribution is -0.198. The standard InChI is InChI=1S/C12H15O4P/c1-3-7-11-8-5-6-9-12(11)17(13,14)16-15-10-4-2/h2,5-6,8-9H,3,7,10H2,1H3,(H,13,14). The van der Waals surface area contributed by atoms with Crippen molar-refractivity contribution < 1.29 is 19.0 Å². The van der Waals surface area contributed by atoms with E-state index in [1.54, 1.807) is 18.2 Å². The Labute approximate surface area is 101 Å². The second kappa shape index (κ2) is 6.58. The van der Waals surface area contributed by atoms with Gasteiger partial charge in [-0.2, -0.15) is 0 Å². The Morgan fingerprint density at radius 3 is 2.82 bits per heavy atom. The van der Waals surface area contributed by atoms with Crippen LogP contribution in [0.4, 0.5) is 0 Å². The Balaban J connectivity index is 2.90. The molecule has 0 aliphatic heterocycles. The molecule has 0 aliphatic carbocycles. The molecule has 0 aromatic heterocycles. The Hall–Kier alpha value is -1.11. The predicted molar refractivity (Wildman–Crippen MR) is 65.8 cm³/mol. The third kappa shape index (κ3) is 3.99. The molecule has 4 nitrogen and oxygen atoms in total. The third-order valence-electron chi connectivity index (χ3n) is 2.11. The molecular formula is C12H15O4P. The molecular weight excluding hydrogens is 239 g/mol. The summed E-state index contributed by atoms with van der Waals surface area (Å²) in [6.45, 7) is 1.83. The van der Waals surface area contributed by atoms with E-state index in [9.17, 15) is 9.46 Å². The summed E-state index contributed by atoms with van der Waals surface area (Å²) in [7, 11) is -3.96. The first kappa shape index (κ1) is 14.0. The van der Waals surface area contributed by atoms with Crippen LogP contribution in [0.2, 0.25) is 0 Å². The summed E-state index contributed by atoms with van der Waals surface area (Å²) in [5.74, 6) is 2.15. The summed E-state index contributed by atoms with van der Waals surface area (Å²) < 4.78 is 16.4. The fourth-order valence-corrected chi connectivity index (χ4v) is 2.54. The molecule has 1 N–H and O–H groups in total. The third-order valence-corrected chi connectivity index (χ3v) is 3.46. The molecule has 0 heterocycles. The second-order valence-electron chi connectivity index (χ2n) is 3.44. The second-order valence-corrected chi connectivity index (χ2v) is 5.11. The summed E-state index contributed by atoms with van der Waals surface area (Å²) in [4.78, 5) is 14.2. The number of aryl methyl sites for hydroxylation is 1. The molecule has 0 fully saturated rings. The predicted octanol–water partition coefficient (Wildman–Crippen LogP) is 2.03. The highest BCUT2D eigenvalue weighted by Gasteiger charge is 2.26. The summed E-state index contributed by atoms with van der Waals surface area (Å²) in [6.07, 6.45) is 6.53. The highest BCUT2D eigenvalue weighted by atomic mass is 31.2. The number of terminal acetylenes is 1. The fourth-order valence-electron chi connectivity index (χ4n) is 1.44. The molecule has 0 bridgehead atoms. The zero-order valence-corrected chi connectivity index (χ0v) is 10.5. The van der Waals surface area contributed by atoms with E-state index in [0.29, 0.717) is 6.42 Å². The van der Waals surface area contributed by atoms with Crippen LogP contribution in [0.25, 0.3) is 0 Å². The van der Waals surface area contributed by atoms with Crippen molar-refractivity contribution in [1.82, 2.24) is 0 Å². The first-order valence-electron chi connectivity index (χ1n) is 5.27. The lowest BCUT2D eigenvalue weighted by Crippen LogP contribution is -2.13. The van der Waals surface area contributed by atoms with Crippen LogP contribution in [0.15, 0.2) is 24.3 Å². The normalized spacial score (nSPS) is 13.9. The van der Waals surface area contributed by atoms with Crippen molar-refractivity contribution in [2.75, 3.05) is 6.61 Å². The minimum Gasteiger partial charge on any atom is -0.319 e. The van der Waals surface area contributed by atoms with Crippen LogP contribution in [-0.4, -0.2) is 11.5 Å². The van der Waals surface area contributed by atoms with Gasteiger partial charge in [0.2, 0.25) is 0 Å². The van der Waals surface area contributed by atoms with Gasteiger partial charge in [-0.3, -0.25) is 4.57 Å². The molecule has 1 atom stereocenters. The van der Waals surface area contributed by atoms with E-state index in [1.165, 1.54) is 0 Å². The first-order valence-corrected chi connectivity index (χ1v) is 6.85. The van der Waals surface area contributed by atoms with Crippen LogP contribution >= 0.6 is 7.60 Å². The van der Waals surface area contributed by atoms with Crippen LogP contribution in [-0.2, 0) is 20.5 Å². The Morgan fingerprint density at radius 2 is 2.18 bits per heavy atom. The van der Waals surface area contributed by atoms with Gasteiger partial charge in [-0.1, -0.05) is 37.5 Å². The van der Waals surface area contributed by atoms with E-state index in [0.717, 1.165) is 12.0 Å². The molecule has 0 radical (unpaired) electrons. The molecule has 0 saturated carbocycles. The van der Waals surface area contributed by atoms with E-state index in [4.69, 9.17) is 6.42 Å². The van der Waals surface area contributed by atoms with Crippen molar-refractivity contribution in [3.05, 3.63) is 29.8 Å². The van der Waals surface area contributed by atoms with Gasteiger partial charge in [-0.05, 0) is 18.1 Å². The van der Waals surface area contributed by atoms with Crippen molar-refractivity contribution in [1.29, 1.82) is 0 Å². The van der Waals surface area contributed by atoms with Crippen LogP contribution in [0.1, 0.15) is 18.9 Å². The highest BCUT2D eigenvalue weighted by molar-refractivity contribution is 7.61. The average Bonchev–Trinajstić information content (AvgIpc) is 2.30. The molecule has 0 amide bonds. The maximum Gasteiger partial charge on any atom is 0.385 e. The van der Waals surface area contributed by atoms with Gasteiger partial charge in [0.25, 0.3) is 0 Å². The van der Waals surface area contributed by atoms with Gasteiger partial charge in [-0.25, -0.2) is 4.89 Å². The van der Waals surface area contributed by atoms with Crippen LogP contribution in [0, 0.1) is 12.3 Å². The molecule has 17 heavy (non-hydrogen) atoms. The van der Waals surface area contributed by atoms with Crippen LogP contribution in [0.5, 0.6) is 0 Å². The average molecular weight is 254 g/mol. The van der Waals surface area contributed by atoms with Crippen molar-refractivity contribution in [2.24, 2.45) is 0 Å². The Bertz CT molecular complexity index is 450. The van der Waals surface area contributed by atoms with Crippen molar-refractivity contribution >= 4 is 12.9 Å². The monoisotopic (exact) mass is 254 g/mol. The molecule has 1 rings (SSSR count). The minimum absolute atomic E-state index is 0.166. The van der Waals surface area contributed by atoms with Crippen molar-refractivity contribution in [3.63, 3.8) is 0 Å². The summed E-state index contributed by atoms with van der Waals surface area (Å²) >= 11 is 0. The van der Waals surface area contributed by atoms with E-state index in [2.05, 4.69) is 15.5 Å². The van der Waals surface area contributed by atoms with Crippen LogP contribution < -0.4 is 5.30 Å². The van der Waals surface area contributed by atoms with Gasteiger partial charge >= 0.3 is 7.60 Å². The molecule has 92 valence electrons. The minimum atomic E-state index is -3.96. The van der Waals surface area contributed by atoms with Gasteiger partial charge in [-0.15, -0.1) is 11.1 Å². The van der Waals surface area contributed by atoms with Crippen molar-refractivity contribution in [3.8, 4) is 12.3 Å². The van der Waals surface area contributed by atoms with Gasteiger partial charge in [0.1, 0.15) is 6.61 Å². The molecule has 5 heteroatoms. The van der Waals surface area contributed by atoms with Crippen LogP contribution in [0.3, 0.4) is 0 Å². The Morgan fingerprint density at radius 1 is 1.47 bits per heavy atom. The molecule has 0 spiro atoms. The molecule has 0 aliphatic rings. The largest absolute Gasteiger partial charge is 0.385 e. The summed E-state index contributed by atoms with van der Waals surface area (Å²) in [6, 6.07) is 6.86. The van der Waals surface area contributed by atoms with Gasteiger partial charge in [0, 0.05) is 0 Å².